The zero-order valence-corrected chi connectivity index (χ0v) is 1.97. The molecule has 0 aliphatic heterocycles. The summed E-state index contributed by atoms with van der Waals surface area (Å²) in [5.74, 6) is 0. The third-order valence-electron chi connectivity index (χ3n) is 0. The molecule has 0 atom stereocenters. The largest absolute Gasteiger partial charge is 0 e. The van der Waals surface area contributed by atoms with Gasteiger partial charge in [-0.05, 0) is 0 Å². The third kappa shape index (κ3) is 9.16. The van der Waals surface area contributed by atoms with Crippen molar-refractivity contribution in [2.24, 2.45) is 0 Å². The fraction of sp³-hybridized carbons (Fsp3) is 0. The molecule has 0 fully saturated rings. The molecule has 0 spiro atoms. The second-order valence-electron chi connectivity index (χ2n) is 0. The van der Waals surface area contributed by atoms with E-state index in [0.29, 0.717) is 0 Å². The van der Waals surface area contributed by atoms with Crippen molar-refractivity contribution in [3.8, 4) is 0 Å². The molecule has 0 aromatic heterocycles. The van der Waals surface area contributed by atoms with Gasteiger partial charge in [-0.2, -0.15) is 0 Å². The maximum absolute atomic E-state index is 0. The Morgan fingerprint density at radius 1 is 0.500 bits per heavy atom. The minimum absolute atomic E-state index is 0. The van der Waals surface area contributed by atoms with Crippen LogP contribution in [0.25, 0.3) is 0 Å². The molecule has 0 aromatic carbocycles. The van der Waals surface area contributed by atoms with Crippen LogP contribution in [0.5, 0.6) is 0 Å². The first-order valence-electron chi connectivity index (χ1n) is 0. The van der Waals surface area contributed by atoms with Crippen LogP contribution < -0.4 is 0 Å². The smallest absolute Gasteiger partial charge is 0 e. The van der Waals surface area contributed by atoms with Crippen molar-refractivity contribution in [2.45, 2.75) is 0 Å². The quantitative estimate of drug-likeness (QED) is 0.375. The molecule has 0 unspecified atom stereocenters. The summed E-state index contributed by atoms with van der Waals surface area (Å²) in [4.78, 5) is 0. The van der Waals surface area contributed by atoms with Crippen molar-refractivity contribution in [3.05, 3.63) is 0 Å². The molecule has 0 saturated heterocycles. The van der Waals surface area contributed by atoms with Gasteiger partial charge in [-0.3, -0.25) is 0 Å². The summed E-state index contributed by atoms with van der Waals surface area (Å²) in [7, 11) is 0. The molecule has 4 heteroatoms. The summed E-state index contributed by atoms with van der Waals surface area (Å²) in [6, 6.07) is 0. The Labute approximate surface area is 105 Å². The van der Waals surface area contributed by atoms with Crippen LogP contribution in [0.15, 0.2) is 0 Å². The second-order valence-corrected chi connectivity index (χ2v) is 0. The zero-order valence-electron chi connectivity index (χ0n) is 0.333. The zero-order chi connectivity index (χ0) is 0. The van der Waals surface area contributed by atoms with Gasteiger partial charge >= 0.3 is 88.7 Å². The summed E-state index contributed by atoms with van der Waals surface area (Å²) >= 11 is 0. The Bertz CT molecular complexity index is 3.25. The van der Waals surface area contributed by atoms with Gasteiger partial charge in [0.05, 0.1) is 0 Å². The van der Waals surface area contributed by atoms with Gasteiger partial charge in [0, 0.05) is 19.5 Å². The van der Waals surface area contributed by atoms with Gasteiger partial charge in [-0.1, -0.05) is 0 Å². The first-order chi connectivity index (χ1) is 0. The van der Waals surface area contributed by atoms with Crippen molar-refractivity contribution in [3.63, 3.8) is 0 Å². The van der Waals surface area contributed by atoms with E-state index in [1.54, 1.807) is 0 Å². The molecular weight excluding hydrogens is 172 g/mol. The van der Waals surface area contributed by atoms with Crippen molar-refractivity contribution in [2.75, 3.05) is 0 Å². The average molecular weight is 175 g/mol. The van der Waals surface area contributed by atoms with Crippen LogP contribution in [-0.2, 0) is 19.5 Å². The Balaban J connectivity index is 0. The van der Waals surface area contributed by atoms with Crippen LogP contribution in [-0.4, -0.2) is 88.7 Å². The van der Waals surface area contributed by atoms with Gasteiger partial charge in [0.2, 0.25) is 0 Å². The molecule has 0 bridgehead atoms. The maximum Gasteiger partial charge on any atom is 0 e. The molecule has 0 rings (SSSR count). The summed E-state index contributed by atoms with van der Waals surface area (Å²) in [6.07, 6.45) is 0. The van der Waals surface area contributed by atoms with Gasteiger partial charge in [0.1, 0.15) is 0 Å². The SMILES string of the molecule is [NaH].[NaH].[NaH].[Rh]. The van der Waals surface area contributed by atoms with Crippen LogP contribution >= 0.6 is 0 Å². The Morgan fingerprint density at radius 2 is 0.500 bits per heavy atom. The van der Waals surface area contributed by atoms with Crippen LogP contribution in [0.1, 0.15) is 0 Å². The van der Waals surface area contributed by atoms with Gasteiger partial charge in [0.15, 0.2) is 0 Å². The second kappa shape index (κ2) is 16.0. The average Bonchev–Trinajstić information content (AvgIpc) is 0. The Morgan fingerprint density at radius 3 is 0.500 bits per heavy atom. The van der Waals surface area contributed by atoms with E-state index in [0.717, 1.165) is 0 Å². The molecular formula is H3Na3Rh. The van der Waals surface area contributed by atoms with Crippen molar-refractivity contribution in [1.29, 1.82) is 0 Å². The molecule has 0 aromatic rings. The van der Waals surface area contributed by atoms with E-state index in [9.17, 15) is 0 Å². The van der Waals surface area contributed by atoms with Gasteiger partial charge in [-0.15, -0.1) is 0 Å². The molecule has 4 heavy (non-hydrogen) atoms. The fourth-order valence-corrected chi connectivity index (χ4v) is 0. The van der Waals surface area contributed by atoms with Crippen LogP contribution in [0.2, 0.25) is 0 Å². The molecule has 0 amide bonds. The topological polar surface area (TPSA) is 0 Å². The minimum Gasteiger partial charge on any atom is 0 e. The van der Waals surface area contributed by atoms with E-state index in [2.05, 4.69) is 0 Å². The summed E-state index contributed by atoms with van der Waals surface area (Å²) < 4.78 is 0. The Hall–Kier alpha value is 3.62. The molecule has 0 nitrogen and oxygen atoms in total. The van der Waals surface area contributed by atoms with E-state index in [-0.39, 0.29) is 108 Å². The van der Waals surface area contributed by atoms with Crippen molar-refractivity contribution >= 4 is 88.7 Å². The van der Waals surface area contributed by atoms with Crippen LogP contribution in [0.3, 0.4) is 0 Å². The summed E-state index contributed by atoms with van der Waals surface area (Å²) in [5, 5.41) is 0. The van der Waals surface area contributed by atoms with E-state index in [4.69, 9.17) is 0 Å². The standard InChI is InChI=1S/3Na.Rh.3H. The van der Waals surface area contributed by atoms with Gasteiger partial charge in [0.25, 0.3) is 0 Å². The summed E-state index contributed by atoms with van der Waals surface area (Å²) in [6.45, 7) is 0. The molecule has 0 N–H and O–H groups in total. The van der Waals surface area contributed by atoms with E-state index >= 15 is 0 Å². The minimum atomic E-state index is 0. The van der Waals surface area contributed by atoms with E-state index < -0.39 is 0 Å². The van der Waals surface area contributed by atoms with Crippen molar-refractivity contribution < 1.29 is 19.5 Å². The number of hydrogen-bond acceptors (Lipinski definition) is 0. The van der Waals surface area contributed by atoms with Crippen LogP contribution in [0.4, 0.5) is 0 Å². The number of hydrogen-bond donors (Lipinski definition) is 0. The summed E-state index contributed by atoms with van der Waals surface area (Å²) in [5.41, 5.74) is 0. The van der Waals surface area contributed by atoms with E-state index in [1.165, 1.54) is 0 Å². The fourth-order valence-electron chi connectivity index (χ4n) is 0. The normalized spacial score (nSPS) is 0. The Kier molecular flexibility index (Phi) is 102. The molecule has 0 aliphatic carbocycles. The molecule has 1 radical (unpaired) electrons. The molecule has 0 aliphatic rings. The number of rotatable bonds is 0. The first kappa shape index (κ1) is 25.5. The predicted molar refractivity (Wildman–Crippen MR) is 21.4 cm³/mol. The molecule has 0 heterocycles. The van der Waals surface area contributed by atoms with Gasteiger partial charge < -0.3 is 0 Å². The van der Waals surface area contributed by atoms with Gasteiger partial charge in [-0.25, -0.2) is 0 Å². The predicted octanol–water partition coefficient (Wildman–Crippen LogP) is -1.95. The molecule has 15 valence electrons. The third-order valence-corrected chi connectivity index (χ3v) is 0. The monoisotopic (exact) mass is 175 g/mol. The maximum atomic E-state index is 0. The molecule has 0 saturated carbocycles. The first-order valence-corrected chi connectivity index (χ1v) is 0. The van der Waals surface area contributed by atoms with Crippen molar-refractivity contribution in [1.82, 2.24) is 0 Å². The van der Waals surface area contributed by atoms with E-state index in [1.807, 2.05) is 0 Å². The van der Waals surface area contributed by atoms with Crippen LogP contribution in [0, 0.1) is 0 Å².